The number of rotatable bonds is 4. The van der Waals surface area contributed by atoms with Crippen LogP contribution < -0.4 is 5.32 Å². The lowest BCUT2D eigenvalue weighted by Gasteiger charge is -2.08. The second kappa shape index (κ2) is 7.29. The zero-order chi connectivity index (χ0) is 17.8. The SMILES string of the molecule is Cc1cccc(N/C=C(/C#N)c2nc(-c3ccc(F)cc3)cs2)c1C. The van der Waals surface area contributed by atoms with Crippen LogP contribution >= 0.6 is 11.3 Å². The van der Waals surface area contributed by atoms with Crippen molar-refractivity contribution in [2.24, 2.45) is 0 Å². The molecule has 3 rings (SSSR count). The van der Waals surface area contributed by atoms with Crippen molar-refractivity contribution < 1.29 is 4.39 Å². The average molecular weight is 349 g/mol. The summed E-state index contributed by atoms with van der Waals surface area (Å²) in [6.07, 6.45) is 1.68. The molecule has 0 spiro atoms. The van der Waals surface area contributed by atoms with E-state index in [4.69, 9.17) is 0 Å². The summed E-state index contributed by atoms with van der Waals surface area (Å²) in [5.41, 5.74) is 5.30. The van der Waals surface area contributed by atoms with Crippen LogP contribution in [0.5, 0.6) is 0 Å². The Kier molecular flexibility index (Phi) is 4.92. The minimum Gasteiger partial charge on any atom is -0.360 e. The highest BCUT2D eigenvalue weighted by Gasteiger charge is 2.09. The van der Waals surface area contributed by atoms with Crippen LogP contribution in [0.2, 0.25) is 0 Å². The maximum absolute atomic E-state index is 13.0. The molecule has 0 radical (unpaired) electrons. The van der Waals surface area contributed by atoms with E-state index in [0.29, 0.717) is 10.6 Å². The molecule has 3 aromatic rings. The van der Waals surface area contributed by atoms with Crippen molar-refractivity contribution in [2.75, 3.05) is 5.32 Å². The normalized spacial score (nSPS) is 11.2. The molecule has 3 nitrogen and oxygen atoms in total. The highest BCUT2D eigenvalue weighted by molar-refractivity contribution is 7.11. The van der Waals surface area contributed by atoms with E-state index in [9.17, 15) is 9.65 Å². The molecule has 2 aromatic carbocycles. The molecule has 1 heterocycles. The van der Waals surface area contributed by atoms with Gasteiger partial charge in [-0.3, -0.25) is 0 Å². The summed E-state index contributed by atoms with van der Waals surface area (Å²) in [5, 5.41) is 15.1. The van der Waals surface area contributed by atoms with Crippen LogP contribution in [0.4, 0.5) is 10.1 Å². The number of aromatic nitrogens is 1. The van der Waals surface area contributed by atoms with Gasteiger partial charge in [0.1, 0.15) is 22.5 Å². The molecule has 0 bridgehead atoms. The molecule has 0 aliphatic rings. The number of thiazole rings is 1. The Bertz CT molecular complexity index is 965. The summed E-state index contributed by atoms with van der Waals surface area (Å²) in [6.45, 7) is 4.08. The van der Waals surface area contributed by atoms with Crippen LogP contribution in [-0.2, 0) is 0 Å². The van der Waals surface area contributed by atoms with Gasteiger partial charge in [0.15, 0.2) is 0 Å². The summed E-state index contributed by atoms with van der Waals surface area (Å²) in [7, 11) is 0. The molecular weight excluding hydrogens is 333 g/mol. The summed E-state index contributed by atoms with van der Waals surface area (Å²) in [4.78, 5) is 4.50. The van der Waals surface area contributed by atoms with Gasteiger partial charge in [-0.1, -0.05) is 12.1 Å². The summed E-state index contributed by atoms with van der Waals surface area (Å²) in [6, 6.07) is 14.3. The first-order valence-corrected chi connectivity index (χ1v) is 8.61. The molecule has 0 atom stereocenters. The van der Waals surface area contributed by atoms with E-state index >= 15 is 0 Å². The number of benzene rings is 2. The van der Waals surface area contributed by atoms with Crippen molar-refractivity contribution in [3.05, 3.63) is 76.0 Å². The highest BCUT2D eigenvalue weighted by atomic mass is 32.1. The predicted molar refractivity (Wildman–Crippen MR) is 101 cm³/mol. The van der Waals surface area contributed by atoms with Gasteiger partial charge in [0, 0.05) is 22.8 Å². The fourth-order valence-corrected chi connectivity index (χ4v) is 3.14. The lowest BCUT2D eigenvalue weighted by Crippen LogP contribution is -1.95. The first kappa shape index (κ1) is 16.9. The van der Waals surface area contributed by atoms with Crippen molar-refractivity contribution in [3.8, 4) is 17.3 Å². The van der Waals surface area contributed by atoms with E-state index < -0.39 is 0 Å². The molecule has 0 fully saturated rings. The van der Waals surface area contributed by atoms with Crippen LogP contribution in [0, 0.1) is 31.0 Å². The number of nitrogens with one attached hydrogen (secondary N) is 1. The maximum atomic E-state index is 13.0. The van der Waals surface area contributed by atoms with Crippen molar-refractivity contribution >= 4 is 22.6 Å². The Morgan fingerprint density at radius 3 is 2.68 bits per heavy atom. The number of hydrogen-bond acceptors (Lipinski definition) is 4. The lowest BCUT2D eigenvalue weighted by molar-refractivity contribution is 0.628. The Labute approximate surface area is 150 Å². The van der Waals surface area contributed by atoms with Crippen LogP contribution in [0.25, 0.3) is 16.8 Å². The van der Waals surface area contributed by atoms with Gasteiger partial charge in [-0.25, -0.2) is 9.37 Å². The summed E-state index contributed by atoms with van der Waals surface area (Å²) >= 11 is 1.39. The summed E-state index contributed by atoms with van der Waals surface area (Å²) in [5.74, 6) is -0.283. The van der Waals surface area contributed by atoms with Crippen molar-refractivity contribution in [2.45, 2.75) is 13.8 Å². The zero-order valence-corrected chi connectivity index (χ0v) is 14.7. The van der Waals surface area contributed by atoms with Gasteiger partial charge in [-0.05, 0) is 55.3 Å². The highest BCUT2D eigenvalue weighted by Crippen LogP contribution is 2.26. The van der Waals surface area contributed by atoms with Crippen molar-refractivity contribution in [3.63, 3.8) is 0 Å². The second-order valence-electron chi connectivity index (χ2n) is 5.61. The summed E-state index contributed by atoms with van der Waals surface area (Å²) < 4.78 is 13.0. The smallest absolute Gasteiger partial charge is 0.136 e. The number of nitriles is 1. The molecule has 1 aromatic heterocycles. The fourth-order valence-electron chi connectivity index (χ4n) is 2.35. The van der Waals surface area contributed by atoms with Gasteiger partial charge in [0.05, 0.1) is 5.69 Å². The van der Waals surface area contributed by atoms with E-state index in [1.807, 2.05) is 37.4 Å². The lowest BCUT2D eigenvalue weighted by atomic mass is 10.1. The van der Waals surface area contributed by atoms with E-state index in [1.165, 1.54) is 29.0 Å². The Morgan fingerprint density at radius 2 is 1.96 bits per heavy atom. The quantitative estimate of drug-likeness (QED) is 0.629. The number of aryl methyl sites for hydroxylation is 1. The largest absolute Gasteiger partial charge is 0.360 e. The van der Waals surface area contributed by atoms with E-state index in [0.717, 1.165) is 22.5 Å². The fraction of sp³-hybridized carbons (Fsp3) is 0.100. The monoisotopic (exact) mass is 349 g/mol. The van der Waals surface area contributed by atoms with E-state index in [1.54, 1.807) is 18.3 Å². The molecule has 25 heavy (non-hydrogen) atoms. The van der Waals surface area contributed by atoms with Crippen LogP contribution in [0.15, 0.2) is 54.0 Å². The van der Waals surface area contributed by atoms with Crippen LogP contribution in [0.1, 0.15) is 16.1 Å². The third-order valence-electron chi connectivity index (χ3n) is 3.97. The first-order chi connectivity index (χ1) is 12.1. The molecule has 124 valence electrons. The molecule has 0 saturated heterocycles. The first-order valence-electron chi connectivity index (χ1n) is 7.73. The Morgan fingerprint density at radius 1 is 1.20 bits per heavy atom. The molecule has 0 saturated carbocycles. The van der Waals surface area contributed by atoms with Gasteiger partial charge in [0.2, 0.25) is 0 Å². The standard InChI is InChI=1S/C20H16FN3S/c1-13-4-3-5-18(14(13)2)23-11-16(10-22)20-24-19(12-25-20)15-6-8-17(21)9-7-15/h3-9,11-12,23H,1-2H3/b16-11-. The topological polar surface area (TPSA) is 48.7 Å². The third kappa shape index (κ3) is 3.76. The molecular formula is C20H16FN3S. The molecule has 5 heteroatoms. The Balaban J connectivity index is 1.85. The molecule has 0 unspecified atom stereocenters. The van der Waals surface area contributed by atoms with E-state index in [-0.39, 0.29) is 5.82 Å². The zero-order valence-electron chi connectivity index (χ0n) is 13.9. The number of halogens is 1. The molecule has 0 aliphatic carbocycles. The van der Waals surface area contributed by atoms with Gasteiger partial charge in [-0.2, -0.15) is 5.26 Å². The van der Waals surface area contributed by atoms with Gasteiger partial charge in [0.25, 0.3) is 0 Å². The Hall–Kier alpha value is -2.97. The minimum absolute atomic E-state index is 0.283. The molecule has 0 aliphatic heterocycles. The maximum Gasteiger partial charge on any atom is 0.136 e. The van der Waals surface area contributed by atoms with Crippen molar-refractivity contribution in [1.29, 1.82) is 5.26 Å². The minimum atomic E-state index is -0.283. The average Bonchev–Trinajstić information content (AvgIpc) is 3.09. The van der Waals surface area contributed by atoms with Crippen molar-refractivity contribution in [1.82, 2.24) is 4.98 Å². The number of hydrogen-bond donors (Lipinski definition) is 1. The van der Waals surface area contributed by atoms with Gasteiger partial charge >= 0.3 is 0 Å². The van der Waals surface area contributed by atoms with E-state index in [2.05, 4.69) is 16.4 Å². The molecule has 1 N–H and O–H groups in total. The number of allylic oxidation sites excluding steroid dienone is 1. The van der Waals surface area contributed by atoms with Gasteiger partial charge in [-0.15, -0.1) is 11.3 Å². The number of anilines is 1. The second-order valence-corrected chi connectivity index (χ2v) is 6.46. The van der Waals surface area contributed by atoms with Gasteiger partial charge < -0.3 is 5.32 Å². The van der Waals surface area contributed by atoms with Crippen LogP contribution in [0.3, 0.4) is 0 Å². The van der Waals surface area contributed by atoms with Crippen LogP contribution in [-0.4, -0.2) is 4.98 Å². The molecule has 0 amide bonds. The third-order valence-corrected chi connectivity index (χ3v) is 4.85. The predicted octanol–water partition coefficient (Wildman–Crippen LogP) is 5.54. The number of nitrogens with zero attached hydrogens (tertiary/aromatic N) is 2.